The predicted octanol–water partition coefficient (Wildman–Crippen LogP) is 6.58. The van der Waals surface area contributed by atoms with Crippen LogP contribution in [0.3, 0.4) is 0 Å². The smallest absolute Gasteiger partial charge is 0.255 e. The molecule has 1 aliphatic heterocycles. The Bertz CT molecular complexity index is 1140. The van der Waals surface area contributed by atoms with E-state index >= 15 is 0 Å². The van der Waals surface area contributed by atoms with E-state index in [4.69, 9.17) is 0 Å². The molecule has 1 N–H and O–H groups in total. The van der Waals surface area contributed by atoms with Crippen molar-refractivity contribution in [2.24, 2.45) is 11.1 Å². The minimum absolute atomic E-state index is 0.129. The molecule has 35 heavy (non-hydrogen) atoms. The average molecular weight is 468 g/mol. The molecule has 5 nitrogen and oxygen atoms in total. The summed E-state index contributed by atoms with van der Waals surface area (Å²) in [5.41, 5.74) is 4.93. The highest BCUT2D eigenvalue weighted by molar-refractivity contribution is 6.04. The molecular weight excluding hydrogens is 434 g/mol. The van der Waals surface area contributed by atoms with E-state index in [-0.39, 0.29) is 17.9 Å². The Balaban J connectivity index is 1.17. The summed E-state index contributed by atoms with van der Waals surface area (Å²) in [4.78, 5) is 27.2. The number of nitrogens with one attached hydrogen (secondary N) is 1. The molecule has 0 aromatic heterocycles. The molecule has 5 heteroatoms. The van der Waals surface area contributed by atoms with Gasteiger partial charge in [-0.05, 0) is 105 Å². The van der Waals surface area contributed by atoms with E-state index in [9.17, 15) is 9.70 Å². The zero-order valence-electron chi connectivity index (χ0n) is 20.1. The second kappa shape index (κ2) is 11.0. The zero-order chi connectivity index (χ0) is 24.0. The highest BCUT2D eigenvalue weighted by Gasteiger charge is 2.32. The molecule has 0 bridgehead atoms. The maximum absolute atomic E-state index is 12.7. The van der Waals surface area contributed by atoms with Crippen LogP contribution in [0.5, 0.6) is 0 Å². The van der Waals surface area contributed by atoms with Crippen molar-refractivity contribution in [2.45, 2.75) is 44.1 Å². The predicted molar refractivity (Wildman–Crippen MR) is 141 cm³/mol. The van der Waals surface area contributed by atoms with Gasteiger partial charge in [0.05, 0.1) is 0 Å². The maximum Gasteiger partial charge on any atom is 0.255 e. The van der Waals surface area contributed by atoms with Gasteiger partial charge in [0, 0.05) is 11.3 Å². The van der Waals surface area contributed by atoms with Crippen molar-refractivity contribution in [3.05, 3.63) is 106 Å². The first-order valence-electron chi connectivity index (χ1n) is 12.8. The number of nitrogens with zero attached hydrogens (tertiary/aromatic N) is 2. The SMILES string of the molecule is O=NC1c2ccc(C(=O)Nc3ccccc3)cc2CCC1CCN1CCC(c2ccccc2)CC1. The number of anilines is 1. The van der Waals surface area contributed by atoms with Crippen LogP contribution in [-0.2, 0) is 6.42 Å². The fourth-order valence-corrected chi connectivity index (χ4v) is 5.74. The third-order valence-electron chi connectivity index (χ3n) is 7.77. The topological polar surface area (TPSA) is 61.8 Å². The minimum atomic E-state index is -0.327. The van der Waals surface area contributed by atoms with Crippen molar-refractivity contribution in [3.8, 4) is 0 Å². The molecule has 2 atom stereocenters. The normalized spacial score (nSPS) is 20.7. The number of carbonyl (C=O) groups excluding carboxylic acids is 1. The first-order valence-corrected chi connectivity index (χ1v) is 12.8. The van der Waals surface area contributed by atoms with Crippen LogP contribution in [0.4, 0.5) is 5.69 Å². The van der Waals surface area contributed by atoms with Crippen molar-refractivity contribution in [1.82, 2.24) is 4.90 Å². The van der Waals surface area contributed by atoms with Gasteiger partial charge in [-0.15, -0.1) is 0 Å². The molecule has 3 aromatic rings. The molecular formula is C30H33N3O2. The average Bonchev–Trinajstić information content (AvgIpc) is 2.92. The van der Waals surface area contributed by atoms with Crippen molar-refractivity contribution < 1.29 is 4.79 Å². The second-order valence-corrected chi connectivity index (χ2v) is 9.90. The number of hydrogen-bond acceptors (Lipinski definition) is 4. The number of benzene rings is 3. The van der Waals surface area contributed by atoms with Crippen molar-refractivity contribution in [1.29, 1.82) is 0 Å². The summed E-state index contributed by atoms with van der Waals surface area (Å²) in [5, 5.41) is 6.50. The van der Waals surface area contributed by atoms with Crippen LogP contribution in [0.25, 0.3) is 0 Å². The Morgan fingerprint density at radius 1 is 0.914 bits per heavy atom. The van der Waals surface area contributed by atoms with Gasteiger partial charge in [0.25, 0.3) is 5.91 Å². The molecule has 1 amide bonds. The van der Waals surface area contributed by atoms with E-state index < -0.39 is 0 Å². The Morgan fingerprint density at radius 3 is 2.34 bits per heavy atom. The Hall–Kier alpha value is -3.31. The molecule has 0 radical (unpaired) electrons. The maximum atomic E-state index is 12.7. The van der Waals surface area contributed by atoms with Crippen molar-refractivity contribution in [2.75, 3.05) is 25.0 Å². The van der Waals surface area contributed by atoms with Crippen LogP contribution in [0.1, 0.15) is 64.7 Å². The summed E-state index contributed by atoms with van der Waals surface area (Å²) < 4.78 is 0. The number of hydrogen-bond donors (Lipinski definition) is 1. The highest BCUT2D eigenvalue weighted by Crippen LogP contribution is 2.40. The summed E-state index contributed by atoms with van der Waals surface area (Å²) in [6, 6.07) is 25.7. The number of piperidine rings is 1. The lowest BCUT2D eigenvalue weighted by molar-refractivity contribution is 0.102. The summed E-state index contributed by atoms with van der Waals surface area (Å²) >= 11 is 0. The van der Waals surface area contributed by atoms with Gasteiger partial charge in [-0.2, -0.15) is 4.91 Å². The van der Waals surface area contributed by atoms with Crippen LogP contribution in [-0.4, -0.2) is 30.4 Å². The second-order valence-electron chi connectivity index (χ2n) is 9.90. The van der Waals surface area contributed by atoms with Gasteiger partial charge in [-0.25, -0.2) is 0 Å². The van der Waals surface area contributed by atoms with Crippen LogP contribution in [0, 0.1) is 10.8 Å². The largest absolute Gasteiger partial charge is 0.322 e. The minimum Gasteiger partial charge on any atom is -0.322 e. The molecule has 0 saturated carbocycles. The van der Waals surface area contributed by atoms with Gasteiger partial charge in [0.1, 0.15) is 6.04 Å². The fourth-order valence-electron chi connectivity index (χ4n) is 5.74. The monoisotopic (exact) mass is 467 g/mol. The number of rotatable bonds is 7. The lowest BCUT2D eigenvalue weighted by Crippen LogP contribution is -2.35. The highest BCUT2D eigenvalue weighted by atomic mass is 16.3. The van der Waals surface area contributed by atoms with E-state index in [1.165, 1.54) is 18.4 Å². The first kappa shape index (κ1) is 23.4. The molecule has 1 saturated heterocycles. The van der Waals surface area contributed by atoms with Crippen molar-refractivity contribution >= 4 is 11.6 Å². The standard InChI is InChI=1S/C30H33N3O2/c34-30(31-27-9-5-2-6-10-27)26-13-14-28-25(21-26)12-11-24(29(28)32-35)17-20-33-18-15-23(16-19-33)22-7-3-1-4-8-22/h1-10,13-14,21,23-24,29H,11-12,15-20H2,(H,31,34). The Morgan fingerprint density at radius 2 is 1.63 bits per heavy atom. The lowest BCUT2D eigenvalue weighted by atomic mass is 9.78. The van der Waals surface area contributed by atoms with Gasteiger partial charge in [0.15, 0.2) is 0 Å². The Labute approximate surface area is 207 Å². The first-order chi connectivity index (χ1) is 17.2. The number of aryl methyl sites for hydroxylation is 1. The fraction of sp³-hybridized carbons (Fsp3) is 0.367. The van der Waals surface area contributed by atoms with Crippen LogP contribution >= 0.6 is 0 Å². The van der Waals surface area contributed by atoms with Gasteiger partial charge in [-0.3, -0.25) is 4.79 Å². The Kier molecular flexibility index (Phi) is 7.34. The third kappa shape index (κ3) is 5.51. The van der Waals surface area contributed by atoms with Crippen LogP contribution in [0.15, 0.2) is 84.0 Å². The van der Waals surface area contributed by atoms with E-state index in [0.717, 1.165) is 55.7 Å². The van der Waals surface area contributed by atoms with E-state index in [0.29, 0.717) is 11.5 Å². The summed E-state index contributed by atoms with van der Waals surface area (Å²) in [6.07, 6.45) is 5.20. The molecule has 2 aliphatic rings. The molecule has 0 spiro atoms. The zero-order valence-corrected chi connectivity index (χ0v) is 20.1. The van der Waals surface area contributed by atoms with Gasteiger partial charge in [0.2, 0.25) is 0 Å². The van der Waals surface area contributed by atoms with Crippen LogP contribution < -0.4 is 5.32 Å². The number of amides is 1. The number of likely N-dealkylation sites (tertiary alicyclic amines) is 1. The van der Waals surface area contributed by atoms with Crippen molar-refractivity contribution in [3.63, 3.8) is 0 Å². The number of nitroso groups, excluding NO2 is 1. The van der Waals surface area contributed by atoms with Gasteiger partial charge < -0.3 is 10.2 Å². The molecule has 1 aliphatic carbocycles. The van der Waals surface area contributed by atoms with E-state index in [1.54, 1.807) is 0 Å². The summed E-state index contributed by atoms with van der Waals surface area (Å²) in [7, 11) is 0. The third-order valence-corrected chi connectivity index (χ3v) is 7.77. The van der Waals surface area contributed by atoms with Gasteiger partial charge in [-0.1, -0.05) is 59.8 Å². The number of carbonyl (C=O) groups is 1. The molecule has 3 aromatic carbocycles. The molecule has 2 unspecified atom stereocenters. The number of para-hydroxylation sites is 1. The van der Waals surface area contributed by atoms with E-state index in [1.807, 2.05) is 48.5 Å². The lowest BCUT2D eigenvalue weighted by Gasteiger charge is -2.35. The quantitative estimate of drug-likeness (QED) is 0.399. The summed E-state index contributed by atoms with van der Waals surface area (Å²) in [6.45, 7) is 3.25. The molecule has 1 fully saturated rings. The number of fused-ring (bicyclic) bond motifs is 1. The molecule has 1 heterocycles. The molecule has 5 rings (SSSR count). The summed E-state index contributed by atoms with van der Waals surface area (Å²) in [5.74, 6) is 0.790. The van der Waals surface area contributed by atoms with Crippen LogP contribution in [0.2, 0.25) is 0 Å². The molecule has 180 valence electrons. The van der Waals surface area contributed by atoms with E-state index in [2.05, 4.69) is 45.7 Å². The van der Waals surface area contributed by atoms with Gasteiger partial charge >= 0.3 is 0 Å².